The van der Waals surface area contributed by atoms with Crippen molar-refractivity contribution in [2.75, 3.05) is 6.61 Å². The summed E-state index contributed by atoms with van der Waals surface area (Å²) in [6, 6.07) is 3.01. The topological polar surface area (TPSA) is 126 Å². The summed E-state index contributed by atoms with van der Waals surface area (Å²) in [7, 11) is -2.19. The maximum atomic E-state index is 13.8. The molecule has 2 rings (SSSR count). The van der Waals surface area contributed by atoms with Crippen LogP contribution in [-0.4, -0.2) is 29.7 Å². The number of nitrogens with zero attached hydrogens (tertiary/aromatic N) is 1. The Hall–Kier alpha value is -2.90. The highest BCUT2D eigenvalue weighted by Crippen LogP contribution is 2.39. The van der Waals surface area contributed by atoms with Crippen molar-refractivity contribution in [3.8, 4) is 6.07 Å². The molecule has 4 N–H and O–H groups in total. The monoisotopic (exact) mass is 364 g/mol. The van der Waals surface area contributed by atoms with Gasteiger partial charge in [0, 0.05) is 0 Å². The first-order chi connectivity index (χ1) is 12.2. The predicted octanol–water partition coefficient (Wildman–Crippen LogP) is 0.289. The van der Waals surface area contributed by atoms with Crippen LogP contribution in [0, 0.1) is 23.0 Å². The molecule has 0 aromatic heterocycles. The molecule has 0 amide bonds. The molecule has 10 heteroatoms. The standard InChI is InChI=1S/C16H15BF2N2O5/c1-3-25-16(22)13-7(2)26-15(21)9(6-20)14(13)8-4-11(18)12(19)5-10(8)17(23)24/h4-5,14,23-24H,3,21H2,1-2H3. The predicted molar refractivity (Wildman–Crippen MR) is 86.2 cm³/mol. The Kier molecular flexibility index (Phi) is 5.64. The third-order valence-electron chi connectivity index (χ3n) is 3.82. The van der Waals surface area contributed by atoms with Crippen LogP contribution < -0.4 is 11.2 Å². The fourth-order valence-corrected chi connectivity index (χ4v) is 2.72. The van der Waals surface area contributed by atoms with Crippen LogP contribution in [0.15, 0.2) is 34.9 Å². The first kappa shape index (κ1) is 19.4. The minimum atomic E-state index is -2.19. The minimum Gasteiger partial charge on any atom is -0.463 e. The van der Waals surface area contributed by atoms with Gasteiger partial charge < -0.3 is 25.3 Å². The number of ether oxygens (including phenoxy) is 2. The molecular formula is C16H15BF2N2O5. The number of carbonyl (C=O) groups is 1. The number of carbonyl (C=O) groups excluding carboxylic acids is 1. The molecule has 1 unspecified atom stereocenters. The number of esters is 1. The van der Waals surface area contributed by atoms with E-state index in [1.54, 1.807) is 13.0 Å². The van der Waals surface area contributed by atoms with Gasteiger partial charge in [-0.1, -0.05) is 0 Å². The molecule has 0 fully saturated rings. The number of nitriles is 1. The van der Waals surface area contributed by atoms with Crippen LogP contribution in [0.5, 0.6) is 0 Å². The molecule has 7 nitrogen and oxygen atoms in total. The van der Waals surface area contributed by atoms with Crippen molar-refractivity contribution in [3.05, 3.63) is 52.1 Å². The van der Waals surface area contributed by atoms with Crippen molar-refractivity contribution in [1.82, 2.24) is 0 Å². The molecule has 0 radical (unpaired) electrons. The van der Waals surface area contributed by atoms with E-state index < -0.39 is 36.1 Å². The Morgan fingerprint density at radius 1 is 1.42 bits per heavy atom. The smallest absolute Gasteiger partial charge is 0.463 e. The average molecular weight is 364 g/mol. The zero-order valence-corrected chi connectivity index (χ0v) is 13.9. The Morgan fingerprint density at radius 3 is 2.58 bits per heavy atom. The molecule has 0 bridgehead atoms. The maximum Gasteiger partial charge on any atom is 0.488 e. The first-order valence-electron chi connectivity index (χ1n) is 7.53. The van der Waals surface area contributed by atoms with Gasteiger partial charge in [0.15, 0.2) is 11.6 Å². The van der Waals surface area contributed by atoms with Gasteiger partial charge in [-0.3, -0.25) is 0 Å². The lowest BCUT2D eigenvalue weighted by molar-refractivity contribution is -0.139. The second-order valence-corrected chi connectivity index (χ2v) is 5.38. The van der Waals surface area contributed by atoms with Crippen LogP contribution in [0.4, 0.5) is 8.78 Å². The third kappa shape index (κ3) is 3.40. The van der Waals surface area contributed by atoms with E-state index in [-0.39, 0.29) is 35.0 Å². The number of allylic oxidation sites excluding steroid dienone is 2. The molecular weight excluding hydrogens is 349 g/mol. The molecule has 0 saturated heterocycles. The highest BCUT2D eigenvalue weighted by atomic mass is 19.2. The van der Waals surface area contributed by atoms with Crippen LogP contribution in [0.3, 0.4) is 0 Å². The maximum absolute atomic E-state index is 13.8. The zero-order chi connectivity index (χ0) is 19.6. The number of benzene rings is 1. The third-order valence-corrected chi connectivity index (χ3v) is 3.82. The lowest BCUT2D eigenvalue weighted by atomic mass is 9.70. The second kappa shape index (κ2) is 7.55. The lowest BCUT2D eigenvalue weighted by Crippen LogP contribution is -2.37. The lowest BCUT2D eigenvalue weighted by Gasteiger charge is -2.28. The summed E-state index contributed by atoms with van der Waals surface area (Å²) >= 11 is 0. The number of nitrogens with two attached hydrogens (primary N) is 1. The van der Waals surface area contributed by atoms with Gasteiger partial charge in [0.25, 0.3) is 0 Å². The van der Waals surface area contributed by atoms with Crippen molar-refractivity contribution >= 4 is 18.6 Å². The molecule has 0 spiro atoms. The molecule has 136 valence electrons. The van der Waals surface area contributed by atoms with E-state index in [9.17, 15) is 28.9 Å². The van der Waals surface area contributed by atoms with Gasteiger partial charge in [0.05, 0.1) is 18.1 Å². The van der Waals surface area contributed by atoms with E-state index in [0.29, 0.717) is 12.1 Å². The number of halogens is 2. The summed E-state index contributed by atoms with van der Waals surface area (Å²) in [5.74, 6) is -5.15. The van der Waals surface area contributed by atoms with Crippen LogP contribution in [-0.2, 0) is 14.3 Å². The minimum absolute atomic E-state index is 0.00642. The average Bonchev–Trinajstić information content (AvgIpc) is 2.56. The summed E-state index contributed by atoms with van der Waals surface area (Å²) in [6.07, 6.45) is 0. The van der Waals surface area contributed by atoms with E-state index in [1.165, 1.54) is 6.92 Å². The van der Waals surface area contributed by atoms with Gasteiger partial charge in [-0.15, -0.1) is 0 Å². The highest BCUT2D eigenvalue weighted by Gasteiger charge is 2.39. The quantitative estimate of drug-likeness (QED) is 0.518. The van der Waals surface area contributed by atoms with E-state index in [1.807, 2.05) is 0 Å². The summed E-state index contributed by atoms with van der Waals surface area (Å²) in [5, 5.41) is 28.5. The molecule has 1 aromatic carbocycles. The van der Waals surface area contributed by atoms with Crippen LogP contribution in [0.1, 0.15) is 25.3 Å². The molecule has 0 saturated carbocycles. The molecule has 1 aliphatic rings. The van der Waals surface area contributed by atoms with Gasteiger partial charge in [-0.25, -0.2) is 13.6 Å². The van der Waals surface area contributed by atoms with Crippen molar-refractivity contribution in [2.45, 2.75) is 19.8 Å². The van der Waals surface area contributed by atoms with Gasteiger partial charge in [-0.2, -0.15) is 5.26 Å². The van der Waals surface area contributed by atoms with Crippen molar-refractivity contribution < 1.29 is 33.1 Å². The van der Waals surface area contributed by atoms with Crippen LogP contribution >= 0.6 is 0 Å². The Labute approximate surface area is 148 Å². The van der Waals surface area contributed by atoms with E-state index in [4.69, 9.17) is 15.2 Å². The van der Waals surface area contributed by atoms with Crippen LogP contribution in [0.2, 0.25) is 0 Å². The first-order valence-corrected chi connectivity index (χ1v) is 7.53. The van der Waals surface area contributed by atoms with Gasteiger partial charge in [-0.05, 0) is 37.0 Å². The van der Waals surface area contributed by atoms with Crippen LogP contribution in [0.25, 0.3) is 0 Å². The number of rotatable bonds is 4. The Bertz CT molecular complexity index is 861. The molecule has 1 aromatic rings. The molecule has 0 aliphatic carbocycles. The van der Waals surface area contributed by atoms with E-state index in [2.05, 4.69) is 0 Å². The summed E-state index contributed by atoms with van der Waals surface area (Å²) in [6.45, 7) is 2.95. The fourth-order valence-electron chi connectivity index (χ4n) is 2.72. The normalized spacial score (nSPS) is 16.9. The van der Waals surface area contributed by atoms with E-state index >= 15 is 0 Å². The summed E-state index contributed by atoms with van der Waals surface area (Å²) in [4.78, 5) is 12.4. The summed E-state index contributed by atoms with van der Waals surface area (Å²) < 4.78 is 37.6. The largest absolute Gasteiger partial charge is 0.488 e. The molecule has 1 atom stereocenters. The van der Waals surface area contributed by atoms with Gasteiger partial charge in [0.1, 0.15) is 17.4 Å². The zero-order valence-electron chi connectivity index (χ0n) is 13.9. The number of hydrogen-bond donors (Lipinski definition) is 3. The van der Waals surface area contributed by atoms with Gasteiger partial charge in [0.2, 0.25) is 5.88 Å². The fraction of sp³-hybridized carbons (Fsp3) is 0.250. The van der Waals surface area contributed by atoms with Gasteiger partial charge >= 0.3 is 13.1 Å². The second-order valence-electron chi connectivity index (χ2n) is 5.38. The Morgan fingerprint density at radius 2 is 2.04 bits per heavy atom. The molecule has 26 heavy (non-hydrogen) atoms. The number of hydrogen-bond acceptors (Lipinski definition) is 7. The van der Waals surface area contributed by atoms with Crippen molar-refractivity contribution in [1.29, 1.82) is 5.26 Å². The SMILES string of the molecule is CCOC(=O)C1=C(C)OC(N)=C(C#N)C1c1cc(F)c(F)cc1B(O)O. The molecule has 1 heterocycles. The molecule has 1 aliphatic heterocycles. The van der Waals surface area contributed by atoms with E-state index in [0.717, 1.165) is 0 Å². The van der Waals surface area contributed by atoms with Crippen molar-refractivity contribution in [3.63, 3.8) is 0 Å². The Balaban J connectivity index is 2.80. The summed E-state index contributed by atoms with van der Waals surface area (Å²) in [5.41, 5.74) is 4.60. The highest BCUT2D eigenvalue weighted by molar-refractivity contribution is 6.59. The van der Waals surface area contributed by atoms with Crippen molar-refractivity contribution in [2.24, 2.45) is 5.73 Å².